The lowest BCUT2D eigenvalue weighted by molar-refractivity contribution is -0.130. The lowest BCUT2D eigenvalue weighted by Gasteiger charge is -2.12. The Morgan fingerprint density at radius 2 is 1.97 bits per heavy atom. The Hall–Kier alpha value is -1.84. The second kappa shape index (κ2) is 8.89. The summed E-state index contributed by atoms with van der Waals surface area (Å²) in [7, 11) is 0. The van der Waals surface area contributed by atoms with Crippen LogP contribution in [-0.2, 0) is 11.2 Å². The zero-order chi connectivity index (χ0) is 20.4. The Bertz CT molecular complexity index is 1100. The molecule has 2 aromatic carbocycles. The van der Waals surface area contributed by atoms with Crippen LogP contribution in [0.3, 0.4) is 0 Å². The first-order chi connectivity index (χ1) is 14.0. The van der Waals surface area contributed by atoms with Gasteiger partial charge in [-0.25, -0.2) is 15.0 Å². The van der Waals surface area contributed by atoms with E-state index in [9.17, 15) is 4.79 Å². The number of rotatable bonds is 4. The van der Waals surface area contributed by atoms with E-state index < -0.39 is 0 Å². The van der Waals surface area contributed by atoms with Crippen LogP contribution in [0.15, 0.2) is 64.4 Å². The van der Waals surface area contributed by atoms with Gasteiger partial charge >= 0.3 is 0 Å². The van der Waals surface area contributed by atoms with Crippen LogP contribution in [0, 0.1) is 3.57 Å². The molecule has 1 aliphatic rings. The third-order valence-corrected chi connectivity index (χ3v) is 5.90. The molecule has 8 heteroatoms. The zero-order valence-electron chi connectivity index (χ0n) is 15.1. The number of hydrazone groups is 1. The molecule has 0 spiro atoms. The topological polar surface area (TPSA) is 58.5 Å². The molecule has 1 aromatic heterocycles. The molecular weight excluding hydrogens is 567 g/mol. The maximum absolute atomic E-state index is 12.8. The fourth-order valence-electron chi connectivity index (χ4n) is 3.09. The van der Waals surface area contributed by atoms with Crippen molar-refractivity contribution in [3.8, 4) is 11.4 Å². The minimum atomic E-state index is -0.0457. The summed E-state index contributed by atoms with van der Waals surface area (Å²) < 4.78 is 1.91. The van der Waals surface area contributed by atoms with Crippen LogP contribution >= 0.6 is 50.1 Å². The number of hydrogen-bond acceptors (Lipinski definition) is 4. The second-order valence-electron chi connectivity index (χ2n) is 6.54. The van der Waals surface area contributed by atoms with Crippen molar-refractivity contribution < 1.29 is 4.79 Å². The maximum atomic E-state index is 12.8. The molecule has 1 amide bonds. The Morgan fingerprint density at radius 1 is 1.17 bits per heavy atom. The van der Waals surface area contributed by atoms with Gasteiger partial charge in [0.1, 0.15) is 0 Å². The number of carbonyl (C=O) groups excluding carboxylic acids is 1. The molecule has 1 aliphatic heterocycles. The highest BCUT2D eigenvalue weighted by Gasteiger charge is 2.23. The van der Waals surface area contributed by atoms with Crippen LogP contribution < -0.4 is 0 Å². The smallest absolute Gasteiger partial charge is 0.247 e. The van der Waals surface area contributed by atoms with Crippen molar-refractivity contribution in [1.29, 1.82) is 0 Å². The predicted octanol–water partition coefficient (Wildman–Crippen LogP) is 5.34. The van der Waals surface area contributed by atoms with Crippen LogP contribution in [0.5, 0.6) is 0 Å². The summed E-state index contributed by atoms with van der Waals surface area (Å²) in [6.07, 6.45) is 4.37. The molecule has 2 heterocycles. The van der Waals surface area contributed by atoms with E-state index in [1.54, 1.807) is 12.4 Å². The van der Waals surface area contributed by atoms with Gasteiger partial charge in [0.15, 0.2) is 5.82 Å². The fourth-order valence-corrected chi connectivity index (χ4v) is 4.02. The average molecular weight is 582 g/mol. The highest BCUT2D eigenvalue weighted by Crippen LogP contribution is 2.24. The van der Waals surface area contributed by atoms with E-state index in [0.29, 0.717) is 23.8 Å². The van der Waals surface area contributed by atoms with Crippen LogP contribution in [0.25, 0.3) is 11.4 Å². The van der Waals surface area contributed by atoms with Crippen molar-refractivity contribution in [3.05, 3.63) is 79.1 Å². The van der Waals surface area contributed by atoms with E-state index >= 15 is 0 Å². The summed E-state index contributed by atoms with van der Waals surface area (Å²) >= 11 is 11.9. The van der Waals surface area contributed by atoms with Crippen molar-refractivity contribution >= 4 is 61.7 Å². The molecule has 0 unspecified atom stereocenters. The lowest BCUT2D eigenvalue weighted by Crippen LogP contribution is -2.25. The van der Waals surface area contributed by atoms with Gasteiger partial charge in [0, 0.05) is 38.5 Å². The summed E-state index contributed by atoms with van der Waals surface area (Å²) in [6, 6.07) is 13.5. The summed E-state index contributed by atoms with van der Waals surface area (Å²) in [6.45, 7) is 0.561. The molecule has 0 N–H and O–H groups in total. The molecule has 3 aromatic rings. The normalized spacial score (nSPS) is 13.5. The first-order valence-corrected chi connectivity index (χ1v) is 11.1. The Kier molecular flexibility index (Phi) is 6.26. The highest BCUT2D eigenvalue weighted by molar-refractivity contribution is 14.1. The van der Waals surface area contributed by atoms with Gasteiger partial charge in [-0.15, -0.1) is 0 Å². The standard InChI is InChI=1S/C21H15BrClIN4O/c22-15-11-25-21(26-12-15)14-3-1-2-13(8-14)9-20(29)28-7-6-19(27-28)17-10-16(24)4-5-18(17)23/h1-5,8,10-12H,6-7,9H2. The first-order valence-electron chi connectivity index (χ1n) is 8.90. The molecule has 0 aliphatic carbocycles. The Labute approximate surface area is 195 Å². The van der Waals surface area contributed by atoms with Gasteiger partial charge in [-0.05, 0) is 68.3 Å². The van der Waals surface area contributed by atoms with Crippen molar-refractivity contribution in [1.82, 2.24) is 15.0 Å². The number of carbonyl (C=O) groups is 1. The minimum Gasteiger partial charge on any atom is -0.273 e. The van der Waals surface area contributed by atoms with Gasteiger partial charge in [-0.1, -0.05) is 29.8 Å². The number of nitrogens with zero attached hydrogens (tertiary/aromatic N) is 4. The molecule has 0 atom stereocenters. The summed E-state index contributed by atoms with van der Waals surface area (Å²) in [5.41, 5.74) is 3.51. The van der Waals surface area contributed by atoms with Gasteiger partial charge in [0.25, 0.3) is 0 Å². The average Bonchev–Trinajstić information content (AvgIpc) is 3.21. The van der Waals surface area contributed by atoms with Crippen molar-refractivity contribution in [3.63, 3.8) is 0 Å². The maximum Gasteiger partial charge on any atom is 0.247 e. The number of aromatic nitrogens is 2. The number of halogens is 3. The van der Waals surface area contributed by atoms with Gasteiger partial charge in [-0.3, -0.25) is 4.79 Å². The van der Waals surface area contributed by atoms with E-state index in [4.69, 9.17) is 11.6 Å². The van der Waals surface area contributed by atoms with Crippen LogP contribution in [0.1, 0.15) is 17.5 Å². The minimum absolute atomic E-state index is 0.0457. The molecular formula is C21H15BrClIN4O. The van der Waals surface area contributed by atoms with Gasteiger partial charge < -0.3 is 0 Å². The Balaban J connectivity index is 1.50. The summed E-state index contributed by atoms with van der Waals surface area (Å²) in [5.74, 6) is 0.577. The molecule has 0 fully saturated rings. The monoisotopic (exact) mass is 580 g/mol. The van der Waals surface area contributed by atoms with Crippen molar-refractivity contribution in [2.45, 2.75) is 12.8 Å². The molecule has 0 saturated heterocycles. The second-order valence-corrected chi connectivity index (χ2v) is 9.11. The number of amides is 1. The van der Waals surface area contributed by atoms with E-state index in [0.717, 1.165) is 30.4 Å². The predicted molar refractivity (Wildman–Crippen MR) is 126 cm³/mol. The number of hydrogen-bond donors (Lipinski definition) is 0. The third-order valence-electron chi connectivity index (χ3n) is 4.49. The molecule has 5 nitrogen and oxygen atoms in total. The molecule has 0 radical (unpaired) electrons. The SMILES string of the molecule is O=C(Cc1cccc(-c2ncc(Br)cn2)c1)N1CCC(c2cc(I)ccc2Cl)=N1. The number of benzene rings is 2. The molecule has 29 heavy (non-hydrogen) atoms. The molecule has 0 bridgehead atoms. The quantitative estimate of drug-likeness (QED) is 0.391. The summed E-state index contributed by atoms with van der Waals surface area (Å²) in [5, 5.41) is 6.72. The Morgan fingerprint density at radius 3 is 2.76 bits per heavy atom. The van der Waals surface area contributed by atoms with E-state index in [2.05, 4.69) is 53.6 Å². The van der Waals surface area contributed by atoms with Crippen LogP contribution in [0.4, 0.5) is 0 Å². The van der Waals surface area contributed by atoms with E-state index in [1.165, 1.54) is 5.01 Å². The summed E-state index contributed by atoms with van der Waals surface area (Å²) in [4.78, 5) is 21.4. The largest absolute Gasteiger partial charge is 0.273 e. The van der Waals surface area contributed by atoms with E-state index in [-0.39, 0.29) is 12.3 Å². The molecule has 0 saturated carbocycles. The van der Waals surface area contributed by atoms with Gasteiger partial charge in [-0.2, -0.15) is 5.10 Å². The zero-order valence-corrected chi connectivity index (χ0v) is 19.6. The third kappa shape index (κ3) is 4.84. The van der Waals surface area contributed by atoms with Crippen LogP contribution in [0.2, 0.25) is 5.02 Å². The first kappa shape index (κ1) is 20.4. The van der Waals surface area contributed by atoms with Crippen LogP contribution in [-0.4, -0.2) is 33.1 Å². The highest BCUT2D eigenvalue weighted by atomic mass is 127. The molecule has 146 valence electrons. The lowest BCUT2D eigenvalue weighted by atomic mass is 10.1. The van der Waals surface area contributed by atoms with E-state index in [1.807, 2.05) is 42.5 Å². The van der Waals surface area contributed by atoms with Crippen molar-refractivity contribution in [2.24, 2.45) is 5.10 Å². The van der Waals surface area contributed by atoms with Gasteiger partial charge in [0.05, 0.1) is 23.1 Å². The fraction of sp³-hybridized carbons (Fsp3) is 0.143. The molecule has 4 rings (SSSR count). The van der Waals surface area contributed by atoms with Crippen molar-refractivity contribution in [2.75, 3.05) is 6.54 Å². The van der Waals surface area contributed by atoms with Gasteiger partial charge in [0.2, 0.25) is 5.91 Å².